The predicted octanol–water partition coefficient (Wildman–Crippen LogP) is 1.36. The van der Waals surface area contributed by atoms with Gasteiger partial charge in [-0.1, -0.05) is 6.07 Å². The van der Waals surface area contributed by atoms with E-state index in [1.165, 1.54) is 11.9 Å². The summed E-state index contributed by atoms with van der Waals surface area (Å²) in [6.45, 7) is 3.79. The van der Waals surface area contributed by atoms with Crippen molar-refractivity contribution in [2.45, 2.75) is 25.1 Å². The zero-order valence-electron chi connectivity index (χ0n) is 15.1. The lowest BCUT2D eigenvalue weighted by molar-refractivity contribution is 0.0627. The first kappa shape index (κ1) is 16.8. The quantitative estimate of drug-likeness (QED) is 0.805. The third-order valence-corrected chi connectivity index (χ3v) is 5.09. The average Bonchev–Trinajstić information content (AvgIpc) is 3.31. The lowest BCUT2D eigenvalue weighted by Crippen LogP contribution is -2.37. The lowest BCUT2D eigenvalue weighted by Gasteiger charge is -2.22. The van der Waals surface area contributed by atoms with Crippen molar-refractivity contribution in [1.82, 2.24) is 24.6 Å². The fourth-order valence-corrected chi connectivity index (χ4v) is 3.87. The number of likely N-dealkylation sites (N-methyl/N-ethyl adjacent to an activating group) is 1. The molecule has 1 aromatic carbocycles. The van der Waals surface area contributed by atoms with E-state index in [2.05, 4.69) is 27.1 Å². The van der Waals surface area contributed by atoms with Crippen LogP contribution in [0.3, 0.4) is 0 Å². The average molecular weight is 357 g/mol. The van der Waals surface area contributed by atoms with Crippen molar-refractivity contribution in [2.75, 3.05) is 33.8 Å². The number of benzene rings is 1. The number of carbonyl (C=O) groups excluding carboxylic acids is 1. The predicted molar refractivity (Wildman–Crippen MR) is 93.9 cm³/mol. The van der Waals surface area contributed by atoms with Gasteiger partial charge in [-0.05, 0) is 17.7 Å². The second kappa shape index (κ2) is 6.60. The minimum absolute atomic E-state index is 0.216. The Labute approximate surface area is 152 Å². The van der Waals surface area contributed by atoms with Gasteiger partial charge in [0.2, 0.25) is 0 Å². The van der Waals surface area contributed by atoms with E-state index >= 15 is 0 Å². The van der Waals surface area contributed by atoms with Crippen LogP contribution in [0.2, 0.25) is 0 Å². The molecule has 1 unspecified atom stereocenters. The van der Waals surface area contributed by atoms with Gasteiger partial charge in [0, 0.05) is 38.7 Å². The maximum Gasteiger partial charge on any atom is 0.410 e. The van der Waals surface area contributed by atoms with E-state index in [1.54, 1.807) is 30.1 Å². The highest BCUT2D eigenvalue weighted by Crippen LogP contribution is 2.32. The van der Waals surface area contributed by atoms with E-state index in [1.807, 2.05) is 6.07 Å². The van der Waals surface area contributed by atoms with Crippen LogP contribution in [-0.4, -0.2) is 70.1 Å². The molecule has 2 aliphatic rings. The Morgan fingerprint density at radius 3 is 2.88 bits per heavy atom. The minimum Gasteiger partial charge on any atom is -0.496 e. The molecule has 1 spiro atoms. The highest BCUT2D eigenvalue weighted by atomic mass is 16.6. The van der Waals surface area contributed by atoms with Crippen LogP contribution in [0, 0.1) is 0 Å². The molecule has 3 heterocycles. The Morgan fingerprint density at radius 2 is 2.19 bits per heavy atom. The summed E-state index contributed by atoms with van der Waals surface area (Å²) in [5.74, 6) is 0.841. The summed E-state index contributed by atoms with van der Waals surface area (Å²) in [5, 5.41) is 4.17. The highest BCUT2D eigenvalue weighted by Gasteiger charge is 2.48. The third kappa shape index (κ3) is 3.24. The standard InChI is InChI=1S/C18H23N5O3/c1-21-10-18(26-17(21)24)5-6-22(11-18)8-14-3-4-16(25-2)15(7-14)9-23-13-19-12-20-23/h3-4,7,12-13H,5-6,8-11H2,1-2H3. The number of aromatic nitrogens is 3. The van der Waals surface area contributed by atoms with Crippen molar-refractivity contribution in [1.29, 1.82) is 0 Å². The number of rotatable bonds is 5. The van der Waals surface area contributed by atoms with E-state index < -0.39 is 0 Å². The Bertz CT molecular complexity index is 794. The van der Waals surface area contributed by atoms with Gasteiger partial charge in [0.25, 0.3) is 0 Å². The van der Waals surface area contributed by atoms with Crippen LogP contribution in [0.5, 0.6) is 5.75 Å². The van der Waals surface area contributed by atoms with Gasteiger partial charge in [0.1, 0.15) is 24.0 Å². The summed E-state index contributed by atoms with van der Waals surface area (Å²) in [6.07, 6.45) is 3.89. The maximum atomic E-state index is 11.7. The molecule has 1 atom stereocenters. The number of carbonyl (C=O) groups is 1. The zero-order chi connectivity index (χ0) is 18.1. The summed E-state index contributed by atoms with van der Waals surface area (Å²) >= 11 is 0. The molecule has 1 aromatic heterocycles. The molecule has 8 heteroatoms. The SMILES string of the molecule is COc1ccc(CN2CCC3(C2)CN(C)C(=O)O3)cc1Cn1cncn1. The largest absolute Gasteiger partial charge is 0.496 e. The molecule has 2 aromatic rings. The van der Waals surface area contributed by atoms with Crippen molar-refractivity contribution in [3.63, 3.8) is 0 Å². The van der Waals surface area contributed by atoms with Crippen LogP contribution >= 0.6 is 0 Å². The van der Waals surface area contributed by atoms with Crippen LogP contribution in [0.4, 0.5) is 4.79 Å². The molecule has 0 aliphatic carbocycles. The van der Waals surface area contributed by atoms with Crippen LogP contribution in [0.15, 0.2) is 30.9 Å². The molecule has 2 saturated heterocycles. The summed E-state index contributed by atoms with van der Waals surface area (Å²) in [6, 6.07) is 6.23. The third-order valence-electron chi connectivity index (χ3n) is 5.09. The van der Waals surface area contributed by atoms with Gasteiger partial charge in [-0.3, -0.25) is 4.90 Å². The van der Waals surface area contributed by atoms with Crippen LogP contribution in [0.25, 0.3) is 0 Å². The summed E-state index contributed by atoms with van der Waals surface area (Å²) < 4.78 is 12.9. The number of ether oxygens (including phenoxy) is 2. The summed E-state index contributed by atoms with van der Waals surface area (Å²) in [5.41, 5.74) is 1.93. The molecule has 8 nitrogen and oxygen atoms in total. The molecular weight excluding hydrogens is 334 g/mol. The van der Waals surface area contributed by atoms with Gasteiger partial charge in [0.05, 0.1) is 20.2 Å². The molecule has 0 saturated carbocycles. The molecule has 0 radical (unpaired) electrons. The molecule has 4 rings (SSSR count). The maximum absolute atomic E-state index is 11.7. The Hall–Kier alpha value is -2.61. The normalized spacial score (nSPS) is 23.0. The van der Waals surface area contributed by atoms with Gasteiger partial charge in [0.15, 0.2) is 0 Å². The minimum atomic E-state index is -0.345. The van der Waals surface area contributed by atoms with E-state index in [0.29, 0.717) is 13.1 Å². The first-order chi connectivity index (χ1) is 12.6. The molecule has 0 N–H and O–H groups in total. The number of methoxy groups -OCH3 is 1. The summed E-state index contributed by atoms with van der Waals surface area (Å²) in [4.78, 5) is 19.7. The molecule has 2 aliphatic heterocycles. The van der Waals surface area contributed by atoms with Crippen molar-refractivity contribution in [3.05, 3.63) is 42.0 Å². The zero-order valence-corrected chi connectivity index (χ0v) is 15.1. The number of amides is 1. The van der Waals surface area contributed by atoms with Crippen molar-refractivity contribution < 1.29 is 14.3 Å². The van der Waals surface area contributed by atoms with Gasteiger partial charge < -0.3 is 14.4 Å². The topological polar surface area (TPSA) is 72.7 Å². The molecule has 0 bridgehead atoms. The van der Waals surface area contributed by atoms with Gasteiger partial charge in [-0.25, -0.2) is 14.5 Å². The molecule has 26 heavy (non-hydrogen) atoms. The number of hydrogen-bond acceptors (Lipinski definition) is 6. The lowest BCUT2D eigenvalue weighted by atomic mass is 10.0. The van der Waals surface area contributed by atoms with E-state index in [9.17, 15) is 4.79 Å². The Morgan fingerprint density at radius 1 is 1.31 bits per heavy atom. The smallest absolute Gasteiger partial charge is 0.410 e. The molecule has 138 valence electrons. The fourth-order valence-electron chi connectivity index (χ4n) is 3.87. The first-order valence-electron chi connectivity index (χ1n) is 8.72. The van der Waals surface area contributed by atoms with E-state index in [-0.39, 0.29) is 11.7 Å². The van der Waals surface area contributed by atoms with Crippen LogP contribution in [0.1, 0.15) is 17.5 Å². The van der Waals surface area contributed by atoms with Crippen molar-refractivity contribution >= 4 is 6.09 Å². The molecule has 1 amide bonds. The number of likely N-dealkylation sites (tertiary alicyclic amines) is 1. The van der Waals surface area contributed by atoms with E-state index in [4.69, 9.17) is 9.47 Å². The first-order valence-corrected chi connectivity index (χ1v) is 8.72. The second-order valence-electron chi connectivity index (χ2n) is 7.11. The monoisotopic (exact) mass is 357 g/mol. The summed E-state index contributed by atoms with van der Waals surface area (Å²) in [7, 11) is 3.47. The Kier molecular flexibility index (Phi) is 4.28. The van der Waals surface area contributed by atoms with Crippen LogP contribution < -0.4 is 4.74 Å². The number of nitrogens with zero attached hydrogens (tertiary/aromatic N) is 5. The highest BCUT2D eigenvalue weighted by molar-refractivity contribution is 5.70. The van der Waals surface area contributed by atoms with Crippen molar-refractivity contribution in [2.24, 2.45) is 0 Å². The molecule has 2 fully saturated rings. The van der Waals surface area contributed by atoms with Gasteiger partial charge in [-0.15, -0.1) is 0 Å². The van der Waals surface area contributed by atoms with E-state index in [0.717, 1.165) is 37.4 Å². The number of hydrogen-bond donors (Lipinski definition) is 0. The molecular formula is C18H23N5O3. The van der Waals surface area contributed by atoms with Crippen molar-refractivity contribution in [3.8, 4) is 5.75 Å². The fraction of sp³-hybridized carbons (Fsp3) is 0.500. The van der Waals surface area contributed by atoms with Gasteiger partial charge >= 0.3 is 6.09 Å². The van der Waals surface area contributed by atoms with Crippen LogP contribution in [-0.2, 0) is 17.8 Å². The Balaban J connectivity index is 1.46. The van der Waals surface area contributed by atoms with Gasteiger partial charge in [-0.2, -0.15) is 5.10 Å². The second-order valence-corrected chi connectivity index (χ2v) is 7.11.